The van der Waals surface area contributed by atoms with Gasteiger partial charge in [0, 0.05) is 17.0 Å². The molecule has 0 saturated carbocycles. The van der Waals surface area contributed by atoms with Crippen molar-refractivity contribution in [2.75, 3.05) is 13.2 Å². The van der Waals surface area contributed by atoms with E-state index >= 15 is 0 Å². The molecule has 5 heteroatoms. The first-order valence-corrected chi connectivity index (χ1v) is 10.1. The number of benzene rings is 3. The summed E-state index contributed by atoms with van der Waals surface area (Å²) in [5, 5.41) is 2.61. The van der Waals surface area contributed by atoms with Crippen molar-refractivity contribution < 1.29 is 13.9 Å². The molecule has 0 radical (unpaired) electrons. The van der Waals surface area contributed by atoms with Gasteiger partial charge in [0.15, 0.2) is 0 Å². The summed E-state index contributed by atoms with van der Waals surface area (Å²) >= 11 is 5.64. The molecule has 150 valence electrons. The van der Waals surface area contributed by atoms with E-state index in [9.17, 15) is 9.18 Å². The SMILES string of the molecule is O=C(NCC#Cc1ccc(CCl)c(F)c1)OCC1c2ccccc2-c2ccccc21. The third-order valence-corrected chi connectivity index (χ3v) is 5.38. The number of hydrogen-bond acceptors (Lipinski definition) is 2. The van der Waals surface area contributed by atoms with Gasteiger partial charge in [-0.3, -0.25) is 0 Å². The second-order valence-corrected chi connectivity index (χ2v) is 7.19. The fourth-order valence-electron chi connectivity index (χ4n) is 3.65. The zero-order valence-corrected chi connectivity index (χ0v) is 16.9. The Hall–Kier alpha value is -3.29. The Morgan fingerprint density at radius 2 is 1.70 bits per heavy atom. The van der Waals surface area contributed by atoms with Crippen molar-refractivity contribution in [1.29, 1.82) is 0 Å². The second kappa shape index (κ2) is 9.02. The first kappa shape index (κ1) is 20.0. The fourth-order valence-corrected chi connectivity index (χ4v) is 3.86. The number of alkyl carbamates (subject to hydrolysis) is 1. The molecular formula is C25H19ClFNO2. The molecule has 0 aliphatic heterocycles. The third-order valence-electron chi connectivity index (χ3n) is 5.09. The zero-order chi connectivity index (χ0) is 20.9. The van der Waals surface area contributed by atoms with E-state index in [1.54, 1.807) is 12.1 Å². The molecule has 4 rings (SSSR count). The maximum atomic E-state index is 13.7. The lowest BCUT2D eigenvalue weighted by molar-refractivity contribution is 0.144. The number of rotatable bonds is 4. The van der Waals surface area contributed by atoms with E-state index in [0.717, 1.165) is 11.1 Å². The first-order chi connectivity index (χ1) is 14.7. The van der Waals surface area contributed by atoms with Gasteiger partial charge in [0.2, 0.25) is 0 Å². The molecule has 0 spiro atoms. The molecule has 0 saturated heterocycles. The highest BCUT2D eigenvalue weighted by molar-refractivity contribution is 6.17. The predicted molar refractivity (Wildman–Crippen MR) is 116 cm³/mol. The molecule has 3 nitrogen and oxygen atoms in total. The van der Waals surface area contributed by atoms with Gasteiger partial charge in [-0.1, -0.05) is 66.4 Å². The van der Waals surface area contributed by atoms with Gasteiger partial charge in [0.25, 0.3) is 0 Å². The van der Waals surface area contributed by atoms with Crippen molar-refractivity contribution >= 4 is 17.7 Å². The quantitative estimate of drug-likeness (QED) is 0.450. The van der Waals surface area contributed by atoms with Crippen molar-refractivity contribution in [1.82, 2.24) is 5.32 Å². The van der Waals surface area contributed by atoms with Crippen molar-refractivity contribution in [2.45, 2.75) is 11.8 Å². The summed E-state index contributed by atoms with van der Waals surface area (Å²) in [4.78, 5) is 12.1. The number of halogens is 2. The van der Waals surface area contributed by atoms with Gasteiger partial charge < -0.3 is 10.1 Å². The Balaban J connectivity index is 1.33. The van der Waals surface area contributed by atoms with Gasteiger partial charge in [-0.15, -0.1) is 11.6 Å². The van der Waals surface area contributed by atoms with Crippen LogP contribution in [0, 0.1) is 17.7 Å². The van der Waals surface area contributed by atoms with Gasteiger partial charge in [-0.25, -0.2) is 9.18 Å². The molecule has 1 N–H and O–H groups in total. The maximum Gasteiger partial charge on any atom is 0.407 e. The molecule has 3 aromatic rings. The van der Waals surface area contributed by atoms with E-state index in [1.165, 1.54) is 17.2 Å². The lowest BCUT2D eigenvalue weighted by Gasteiger charge is -2.14. The monoisotopic (exact) mass is 419 g/mol. The first-order valence-electron chi connectivity index (χ1n) is 9.59. The van der Waals surface area contributed by atoms with Gasteiger partial charge in [-0.05, 0) is 34.4 Å². The second-order valence-electron chi connectivity index (χ2n) is 6.92. The molecule has 30 heavy (non-hydrogen) atoms. The number of nitrogens with one attached hydrogen (secondary N) is 1. The largest absolute Gasteiger partial charge is 0.449 e. The van der Waals surface area contributed by atoms with E-state index in [0.29, 0.717) is 11.1 Å². The zero-order valence-electron chi connectivity index (χ0n) is 16.1. The molecule has 3 aromatic carbocycles. The van der Waals surface area contributed by atoms with Gasteiger partial charge in [-0.2, -0.15) is 0 Å². The summed E-state index contributed by atoms with van der Waals surface area (Å²) in [5.41, 5.74) is 5.64. The molecule has 1 aliphatic rings. The fraction of sp³-hybridized carbons (Fsp3) is 0.160. The van der Waals surface area contributed by atoms with Gasteiger partial charge in [0.1, 0.15) is 12.4 Å². The van der Waals surface area contributed by atoms with Crippen molar-refractivity contribution in [3.8, 4) is 23.0 Å². The smallest absolute Gasteiger partial charge is 0.407 e. The number of carbonyl (C=O) groups is 1. The summed E-state index contributed by atoms with van der Waals surface area (Å²) in [5.74, 6) is 5.34. The van der Waals surface area contributed by atoms with E-state index in [-0.39, 0.29) is 30.8 Å². The highest BCUT2D eigenvalue weighted by atomic mass is 35.5. The molecule has 1 aliphatic carbocycles. The van der Waals surface area contributed by atoms with Crippen LogP contribution in [0.2, 0.25) is 0 Å². The average Bonchev–Trinajstić information content (AvgIpc) is 3.09. The van der Waals surface area contributed by atoms with Crippen LogP contribution in [0.4, 0.5) is 9.18 Å². The molecular weight excluding hydrogens is 401 g/mol. The molecule has 0 atom stereocenters. The molecule has 0 fully saturated rings. The Morgan fingerprint density at radius 3 is 2.33 bits per heavy atom. The van der Waals surface area contributed by atoms with Crippen molar-refractivity contribution in [3.05, 3.63) is 94.8 Å². The Kier molecular flexibility index (Phi) is 6.02. The number of fused-ring (bicyclic) bond motifs is 3. The van der Waals surface area contributed by atoms with Gasteiger partial charge in [0.05, 0.1) is 12.4 Å². The third kappa shape index (κ3) is 4.17. The molecule has 0 heterocycles. The van der Waals surface area contributed by atoms with E-state index in [2.05, 4.69) is 41.4 Å². The van der Waals surface area contributed by atoms with Gasteiger partial charge >= 0.3 is 6.09 Å². The number of hydrogen-bond donors (Lipinski definition) is 1. The standard InChI is InChI=1S/C25H19ClFNO2/c26-15-18-12-11-17(14-24(18)27)6-5-13-28-25(29)30-16-23-21-9-3-1-7-19(21)20-8-2-4-10-22(20)23/h1-4,7-12,14,23H,13,15-16H2,(H,28,29). The summed E-state index contributed by atoms with van der Waals surface area (Å²) in [6.45, 7) is 0.355. The molecule has 0 unspecified atom stereocenters. The molecule has 0 bridgehead atoms. The van der Waals surface area contributed by atoms with Crippen LogP contribution in [-0.2, 0) is 10.6 Å². The summed E-state index contributed by atoms with van der Waals surface area (Å²) < 4.78 is 19.2. The summed E-state index contributed by atoms with van der Waals surface area (Å²) in [6, 6.07) is 21.0. The highest BCUT2D eigenvalue weighted by Gasteiger charge is 2.28. The van der Waals surface area contributed by atoms with E-state index in [1.807, 2.05) is 24.3 Å². The lowest BCUT2D eigenvalue weighted by Crippen LogP contribution is -2.26. The minimum atomic E-state index is -0.533. The number of amides is 1. The Morgan fingerprint density at radius 1 is 1.03 bits per heavy atom. The van der Waals surface area contributed by atoms with Crippen LogP contribution in [-0.4, -0.2) is 19.2 Å². The Labute approximate surface area is 179 Å². The summed E-state index contributed by atoms with van der Waals surface area (Å²) in [6.07, 6.45) is -0.533. The van der Waals surface area contributed by atoms with E-state index in [4.69, 9.17) is 16.3 Å². The van der Waals surface area contributed by atoms with Crippen LogP contribution in [0.3, 0.4) is 0 Å². The average molecular weight is 420 g/mol. The van der Waals surface area contributed by atoms with Crippen LogP contribution in [0.5, 0.6) is 0 Å². The predicted octanol–water partition coefficient (Wildman–Crippen LogP) is 5.45. The topological polar surface area (TPSA) is 38.3 Å². The Bertz CT molecular complexity index is 1100. The highest BCUT2D eigenvalue weighted by Crippen LogP contribution is 2.44. The van der Waals surface area contributed by atoms with Crippen molar-refractivity contribution in [3.63, 3.8) is 0 Å². The van der Waals surface area contributed by atoms with Crippen LogP contribution in [0.25, 0.3) is 11.1 Å². The maximum absolute atomic E-state index is 13.7. The number of carbonyl (C=O) groups excluding carboxylic acids is 1. The van der Waals surface area contributed by atoms with Crippen LogP contribution in [0.1, 0.15) is 28.2 Å². The minimum absolute atomic E-state index is 0.0117. The molecule has 0 aromatic heterocycles. The van der Waals surface area contributed by atoms with Crippen LogP contribution < -0.4 is 5.32 Å². The lowest BCUT2D eigenvalue weighted by atomic mass is 9.98. The minimum Gasteiger partial charge on any atom is -0.449 e. The van der Waals surface area contributed by atoms with Crippen LogP contribution >= 0.6 is 11.6 Å². The normalized spacial score (nSPS) is 11.8. The number of alkyl halides is 1. The molecule has 1 amide bonds. The summed E-state index contributed by atoms with van der Waals surface area (Å²) in [7, 11) is 0. The van der Waals surface area contributed by atoms with Crippen molar-refractivity contribution in [2.24, 2.45) is 0 Å². The van der Waals surface area contributed by atoms with E-state index < -0.39 is 6.09 Å². The number of ether oxygens (including phenoxy) is 1. The van der Waals surface area contributed by atoms with Crippen LogP contribution in [0.15, 0.2) is 66.7 Å².